The molecule has 14 heavy (non-hydrogen) atoms. The number of nitrogens with two attached hydrogens (primary N) is 1. The number of carbonyl (C=O) groups is 1. The van der Waals surface area contributed by atoms with Crippen LogP contribution in [0.15, 0.2) is 16.8 Å². The fraction of sp³-hybridized carbons (Fsp3) is 0.429. The Labute approximate surface area is 80.9 Å². The second kappa shape index (κ2) is 4.36. The van der Waals surface area contributed by atoms with E-state index in [9.17, 15) is 4.79 Å². The molecule has 6 nitrogen and oxygen atoms in total. The van der Waals surface area contributed by atoms with Gasteiger partial charge in [0, 0.05) is 12.6 Å². The average Bonchev–Trinajstić information content (AvgIpc) is 2.52. The first-order valence-electron chi connectivity index (χ1n) is 4.09. The summed E-state index contributed by atoms with van der Waals surface area (Å²) in [6.45, 7) is 0. The highest BCUT2D eigenvalue weighted by atomic mass is 16.4. The normalized spacial score (nSPS) is 17.4. The van der Waals surface area contributed by atoms with Gasteiger partial charge in [-0.3, -0.25) is 9.79 Å². The van der Waals surface area contributed by atoms with Gasteiger partial charge in [-0.2, -0.15) is 0 Å². The lowest BCUT2D eigenvalue weighted by molar-refractivity contribution is -0.138. The van der Waals surface area contributed by atoms with E-state index in [1.165, 1.54) is 6.20 Å². The Morgan fingerprint density at radius 2 is 2.36 bits per heavy atom. The molecule has 7 heteroatoms. The first-order chi connectivity index (χ1) is 6.50. The lowest BCUT2D eigenvalue weighted by Crippen LogP contribution is -2.31. The van der Waals surface area contributed by atoms with Crippen molar-refractivity contribution < 1.29 is 19.9 Å². The van der Waals surface area contributed by atoms with E-state index in [-0.39, 0.29) is 18.5 Å². The quantitative estimate of drug-likeness (QED) is 0.411. The highest BCUT2D eigenvalue weighted by Gasteiger charge is 2.23. The molecule has 0 aromatic rings. The molecule has 5 N–H and O–H groups in total. The van der Waals surface area contributed by atoms with Gasteiger partial charge in [-0.25, -0.2) is 0 Å². The van der Waals surface area contributed by atoms with Gasteiger partial charge in [0.2, 0.25) is 0 Å². The Hall–Kier alpha value is -1.18. The summed E-state index contributed by atoms with van der Waals surface area (Å²) in [6.07, 6.45) is 1.88. The zero-order valence-corrected chi connectivity index (χ0v) is 7.42. The Balaban J connectivity index is 2.43. The maximum Gasteiger partial charge on any atom is 0.504 e. The van der Waals surface area contributed by atoms with Crippen LogP contribution in [0, 0.1) is 0 Å². The van der Waals surface area contributed by atoms with E-state index in [0.29, 0.717) is 5.57 Å². The minimum atomic E-state index is -1.58. The monoisotopic (exact) mass is 198 g/mol. The second-order valence-electron chi connectivity index (χ2n) is 3.11. The molecule has 1 aliphatic heterocycles. The molecular weight excluding hydrogens is 187 g/mol. The minimum absolute atomic E-state index is 0.176. The number of rotatable bonds is 4. The third-order valence-corrected chi connectivity index (χ3v) is 1.92. The molecule has 0 aromatic carbocycles. The summed E-state index contributed by atoms with van der Waals surface area (Å²) in [5.74, 6) is -1.08. The van der Waals surface area contributed by atoms with Crippen molar-refractivity contribution >= 4 is 18.7 Å². The maximum absolute atomic E-state index is 10.4. The molecule has 0 aliphatic carbocycles. The van der Waals surface area contributed by atoms with E-state index < -0.39 is 19.1 Å². The van der Waals surface area contributed by atoms with Crippen LogP contribution in [0.1, 0.15) is 12.8 Å². The highest BCUT2D eigenvalue weighted by molar-refractivity contribution is 6.80. The van der Waals surface area contributed by atoms with Gasteiger partial charge in [0.15, 0.2) is 0 Å². The van der Waals surface area contributed by atoms with Crippen LogP contribution in [0.4, 0.5) is 0 Å². The van der Waals surface area contributed by atoms with E-state index in [2.05, 4.69) is 4.99 Å². The molecule has 1 aliphatic rings. The lowest BCUT2D eigenvalue weighted by atomic mass is 9.80. The Bertz CT molecular complexity index is 300. The molecule has 0 radical (unpaired) electrons. The summed E-state index contributed by atoms with van der Waals surface area (Å²) >= 11 is 0. The Morgan fingerprint density at radius 1 is 1.71 bits per heavy atom. The van der Waals surface area contributed by atoms with E-state index in [1.807, 2.05) is 0 Å². The molecule has 0 bridgehead atoms. The zero-order chi connectivity index (χ0) is 10.7. The molecule has 0 amide bonds. The molecule has 1 rings (SSSR count). The third-order valence-electron chi connectivity index (χ3n) is 1.92. The summed E-state index contributed by atoms with van der Waals surface area (Å²) in [5.41, 5.74) is 6.22. The molecule has 0 saturated carbocycles. The van der Waals surface area contributed by atoms with Crippen LogP contribution in [0.2, 0.25) is 0 Å². The second-order valence-corrected chi connectivity index (χ2v) is 3.11. The molecule has 1 atom stereocenters. The largest absolute Gasteiger partial charge is 0.504 e. The van der Waals surface area contributed by atoms with Crippen molar-refractivity contribution in [1.82, 2.24) is 0 Å². The van der Waals surface area contributed by atoms with Crippen LogP contribution < -0.4 is 5.73 Å². The summed E-state index contributed by atoms with van der Waals surface area (Å²) in [7, 11) is -1.58. The first-order valence-corrected chi connectivity index (χ1v) is 4.09. The van der Waals surface area contributed by atoms with Gasteiger partial charge < -0.3 is 20.9 Å². The number of aliphatic imine (C=N–C) groups is 1. The van der Waals surface area contributed by atoms with Gasteiger partial charge in [0.05, 0.1) is 5.61 Å². The molecule has 0 saturated heterocycles. The number of aliphatic carboxylic acids is 1. The predicted molar refractivity (Wildman–Crippen MR) is 50.6 cm³/mol. The van der Waals surface area contributed by atoms with Crippen molar-refractivity contribution in [2.75, 3.05) is 0 Å². The smallest absolute Gasteiger partial charge is 0.480 e. The molecule has 0 unspecified atom stereocenters. The topological polar surface area (TPSA) is 116 Å². The van der Waals surface area contributed by atoms with E-state index in [4.69, 9.17) is 20.9 Å². The van der Waals surface area contributed by atoms with Crippen LogP contribution in [-0.4, -0.2) is 39.9 Å². The van der Waals surface area contributed by atoms with E-state index in [0.717, 1.165) is 0 Å². The molecule has 0 aromatic heterocycles. The van der Waals surface area contributed by atoms with E-state index in [1.54, 1.807) is 0 Å². The van der Waals surface area contributed by atoms with Gasteiger partial charge >= 0.3 is 13.1 Å². The standard InChI is InChI=1S/C7H11BN2O4/c9-5(7(11)12)1-4-2-6(8(13)14)10-3-4/h3,5,13-14H,1-2,9H2,(H,11,12)/t5-/m0/s1. The van der Waals surface area contributed by atoms with Crippen LogP contribution in [0.5, 0.6) is 0 Å². The third kappa shape index (κ3) is 2.66. The SMILES string of the molecule is N[C@@H](CC1=CN=C(B(O)O)C1)C(=O)O. The maximum atomic E-state index is 10.4. The van der Waals surface area contributed by atoms with Crippen LogP contribution >= 0.6 is 0 Å². The van der Waals surface area contributed by atoms with Crippen molar-refractivity contribution in [3.8, 4) is 0 Å². The summed E-state index contributed by atoms with van der Waals surface area (Å²) < 4.78 is 0. The Kier molecular flexibility index (Phi) is 3.40. The molecule has 76 valence electrons. The predicted octanol–water partition coefficient (Wildman–Crippen LogP) is -1.47. The van der Waals surface area contributed by atoms with Gasteiger partial charge in [0.1, 0.15) is 6.04 Å². The molecule has 1 heterocycles. The minimum Gasteiger partial charge on any atom is -0.480 e. The lowest BCUT2D eigenvalue weighted by Gasteiger charge is -2.06. The number of carboxylic acids is 1. The summed E-state index contributed by atoms with van der Waals surface area (Å²) in [5, 5.41) is 26.0. The Morgan fingerprint density at radius 3 is 2.79 bits per heavy atom. The fourth-order valence-electron chi connectivity index (χ4n) is 1.15. The van der Waals surface area contributed by atoms with Gasteiger partial charge in [-0.15, -0.1) is 0 Å². The van der Waals surface area contributed by atoms with Crippen molar-refractivity contribution in [2.24, 2.45) is 10.7 Å². The molecule has 0 fully saturated rings. The van der Waals surface area contributed by atoms with Crippen molar-refractivity contribution in [3.05, 3.63) is 11.8 Å². The molecular formula is C7H11BN2O4. The first kappa shape index (κ1) is 10.9. The number of hydrogen-bond donors (Lipinski definition) is 4. The summed E-state index contributed by atoms with van der Waals surface area (Å²) in [6, 6.07) is -0.966. The van der Waals surface area contributed by atoms with Crippen LogP contribution in [0.25, 0.3) is 0 Å². The van der Waals surface area contributed by atoms with Crippen molar-refractivity contribution in [1.29, 1.82) is 0 Å². The van der Waals surface area contributed by atoms with Gasteiger partial charge in [-0.1, -0.05) is 0 Å². The van der Waals surface area contributed by atoms with Gasteiger partial charge in [0.25, 0.3) is 0 Å². The number of hydrogen-bond acceptors (Lipinski definition) is 5. The van der Waals surface area contributed by atoms with Crippen LogP contribution in [0.3, 0.4) is 0 Å². The van der Waals surface area contributed by atoms with Crippen LogP contribution in [-0.2, 0) is 4.79 Å². The number of nitrogens with zero attached hydrogens (tertiary/aromatic N) is 1. The zero-order valence-electron chi connectivity index (χ0n) is 7.42. The van der Waals surface area contributed by atoms with Crippen molar-refractivity contribution in [2.45, 2.75) is 18.9 Å². The highest BCUT2D eigenvalue weighted by Crippen LogP contribution is 2.17. The number of carboxylic acid groups (broad SMARTS) is 1. The molecule has 0 spiro atoms. The van der Waals surface area contributed by atoms with Crippen molar-refractivity contribution in [3.63, 3.8) is 0 Å². The summed E-state index contributed by atoms with van der Waals surface area (Å²) in [4.78, 5) is 14.1. The fourth-order valence-corrected chi connectivity index (χ4v) is 1.15. The van der Waals surface area contributed by atoms with E-state index >= 15 is 0 Å². The van der Waals surface area contributed by atoms with Gasteiger partial charge in [-0.05, 0) is 12.0 Å². The average molecular weight is 198 g/mol.